The molecular weight excluding hydrogens is 402 g/mol. The maximum atomic E-state index is 12.5. The van der Waals surface area contributed by atoms with Crippen molar-refractivity contribution in [1.82, 2.24) is 0 Å². The zero-order valence-corrected chi connectivity index (χ0v) is 17.5. The number of carbonyl (C=O) groups is 2. The van der Waals surface area contributed by atoms with Crippen molar-refractivity contribution in [2.45, 2.75) is 13.0 Å². The lowest BCUT2D eigenvalue weighted by molar-refractivity contribution is -0.123. The van der Waals surface area contributed by atoms with Crippen LogP contribution in [-0.4, -0.2) is 46.4 Å². The van der Waals surface area contributed by atoms with Gasteiger partial charge in [0.25, 0.3) is 5.91 Å². The van der Waals surface area contributed by atoms with Crippen molar-refractivity contribution in [3.8, 4) is 23.0 Å². The standard InChI is InChI=1S/C20H22ClNO7/c1-11(19(23)22-13-6-7-15(25-2)14(21)10-13)29-20(24)12-8-16(26-3)18(28-5)17(9-12)27-4/h6-11H,1-5H3,(H,22,23). The fourth-order valence-corrected chi connectivity index (χ4v) is 2.73. The summed E-state index contributed by atoms with van der Waals surface area (Å²) < 4.78 is 26.0. The fraction of sp³-hybridized carbons (Fsp3) is 0.300. The quantitative estimate of drug-likeness (QED) is 0.649. The molecule has 0 aromatic heterocycles. The van der Waals surface area contributed by atoms with Gasteiger partial charge in [-0.15, -0.1) is 0 Å². The summed E-state index contributed by atoms with van der Waals surface area (Å²) in [5.41, 5.74) is 0.586. The second-order valence-electron chi connectivity index (χ2n) is 5.80. The summed E-state index contributed by atoms with van der Waals surface area (Å²) in [6.45, 7) is 1.45. The van der Waals surface area contributed by atoms with Crippen LogP contribution in [0.3, 0.4) is 0 Å². The topological polar surface area (TPSA) is 92.3 Å². The molecule has 0 aliphatic heterocycles. The molecule has 0 fully saturated rings. The van der Waals surface area contributed by atoms with E-state index in [0.29, 0.717) is 33.7 Å². The number of nitrogens with one attached hydrogen (secondary N) is 1. The summed E-state index contributed by atoms with van der Waals surface area (Å²) in [6, 6.07) is 7.65. The van der Waals surface area contributed by atoms with Crippen LogP contribution in [0.5, 0.6) is 23.0 Å². The van der Waals surface area contributed by atoms with Crippen molar-refractivity contribution in [1.29, 1.82) is 0 Å². The first-order valence-electron chi connectivity index (χ1n) is 8.50. The second kappa shape index (κ2) is 9.88. The Morgan fingerprint density at radius 2 is 1.48 bits per heavy atom. The number of benzene rings is 2. The predicted molar refractivity (Wildman–Crippen MR) is 108 cm³/mol. The molecule has 0 saturated heterocycles. The normalized spacial score (nSPS) is 11.2. The van der Waals surface area contributed by atoms with Gasteiger partial charge < -0.3 is 29.0 Å². The van der Waals surface area contributed by atoms with E-state index in [9.17, 15) is 9.59 Å². The number of hydrogen-bond acceptors (Lipinski definition) is 7. The summed E-state index contributed by atoms with van der Waals surface area (Å²) in [7, 11) is 5.81. The zero-order chi connectivity index (χ0) is 21.6. The van der Waals surface area contributed by atoms with Crippen molar-refractivity contribution >= 4 is 29.2 Å². The molecule has 0 bridgehead atoms. The highest BCUT2D eigenvalue weighted by Gasteiger charge is 2.22. The Hall–Kier alpha value is -3.13. The first kappa shape index (κ1) is 22.2. The van der Waals surface area contributed by atoms with Crippen LogP contribution in [0.2, 0.25) is 5.02 Å². The highest BCUT2D eigenvalue weighted by Crippen LogP contribution is 2.38. The van der Waals surface area contributed by atoms with Gasteiger partial charge in [0, 0.05) is 5.69 Å². The van der Waals surface area contributed by atoms with Gasteiger partial charge in [0.2, 0.25) is 5.75 Å². The molecule has 2 aromatic carbocycles. The van der Waals surface area contributed by atoms with Gasteiger partial charge in [-0.05, 0) is 37.3 Å². The molecular formula is C20H22ClNO7. The molecule has 0 saturated carbocycles. The van der Waals surface area contributed by atoms with Crippen molar-refractivity contribution in [2.75, 3.05) is 33.8 Å². The van der Waals surface area contributed by atoms with Gasteiger partial charge in [0.05, 0.1) is 39.0 Å². The molecule has 156 valence electrons. The molecule has 1 amide bonds. The number of ether oxygens (including phenoxy) is 5. The van der Waals surface area contributed by atoms with Crippen molar-refractivity contribution in [2.24, 2.45) is 0 Å². The van der Waals surface area contributed by atoms with Gasteiger partial charge in [-0.3, -0.25) is 4.79 Å². The maximum Gasteiger partial charge on any atom is 0.339 e. The molecule has 2 aromatic rings. The Morgan fingerprint density at radius 3 is 1.97 bits per heavy atom. The van der Waals surface area contributed by atoms with Crippen LogP contribution in [0.15, 0.2) is 30.3 Å². The van der Waals surface area contributed by atoms with Crippen LogP contribution < -0.4 is 24.3 Å². The van der Waals surface area contributed by atoms with Crippen LogP contribution >= 0.6 is 11.6 Å². The van der Waals surface area contributed by atoms with E-state index in [1.807, 2.05) is 0 Å². The Morgan fingerprint density at radius 1 is 0.897 bits per heavy atom. The Kier molecular flexibility index (Phi) is 7.55. The van der Waals surface area contributed by atoms with Crippen LogP contribution in [-0.2, 0) is 9.53 Å². The monoisotopic (exact) mass is 423 g/mol. The highest BCUT2D eigenvalue weighted by atomic mass is 35.5. The number of hydrogen-bond donors (Lipinski definition) is 1. The molecule has 8 nitrogen and oxygen atoms in total. The molecule has 2 rings (SSSR count). The van der Waals surface area contributed by atoms with Crippen LogP contribution in [0, 0.1) is 0 Å². The Bertz CT molecular complexity index is 875. The third-order valence-electron chi connectivity index (χ3n) is 3.97. The summed E-state index contributed by atoms with van der Waals surface area (Å²) in [5, 5.41) is 2.97. The average Bonchev–Trinajstić information content (AvgIpc) is 2.72. The number of esters is 1. The van der Waals surface area contributed by atoms with E-state index >= 15 is 0 Å². The third kappa shape index (κ3) is 5.23. The van der Waals surface area contributed by atoms with Crippen molar-refractivity contribution in [3.63, 3.8) is 0 Å². The third-order valence-corrected chi connectivity index (χ3v) is 4.27. The minimum absolute atomic E-state index is 0.145. The molecule has 1 unspecified atom stereocenters. The van der Waals surface area contributed by atoms with Crippen LogP contribution in [0.25, 0.3) is 0 Å². The van der Waals surface area contributed by atoms with Gasteiger partial charge in [0.1, 0.15) is 5.75 Å². The van der Waals surface area contributed by atoms with E-state index < -0.39 is 18.0 Å². The summed E-state index contributed by atoms with van der Waals surface area (Å²) in [6.07, 6.45) is -1.07. The first-order chi connectivity index (χ1) is 13.8. The Labute approximate surface area is 173 Å². The lowest BCUT2D eigenvalue weighted by Gasteiger charge is -2.16. The SMILES string of the molecule is COc1ccc(NC(=O)C(C)OC(=O)c2cc(OC)c(OC)c(OC)c2)cc1Cl. The van der Waals surface area contributed by atoms with E-state index in [0.717, 1.165) is 0 Å². The molecule has 9 heteroatoms. The van der Waals surface area contributed by atoms with E-state index in [-0.39, 0.29) is 5.56 Å². The second-order valence-corrected chi connectivity index (χ2v) is 6.21. The first-order valence-corrected chi connectivity index (χ1v) is 8.87. The largest absolute Gasteiger partial charge is 0.495 e. The molecule has 29 heavy (non-hydrogen) atoms. The molecule has 0 aliphatic rings. The highest BCUT2D eigenvalue weighted by molar-refractivity contribution is 6.32. The number of methoxy groups -OCH3 is 4. The van der Waals surface area contributed by atoms with E-state index in [2.05, 4.69) is 5.32 Å². The number of carbonyl (C=O) groups excluding carboxylic acids is 2. The lowest BCUT2D eigenvalue weighted by Crippen LogP contribution is -2.30. The summed E-state index contributed by atoms with van der Waals surface area (Å²) >= 11 is 6.04. The summed E-state index contributed by atoms with van der Waals surface area (Å²) in [4.78, 5) is 24.9. The number of anilines is 1. The molecule has 0 radical (unpaired) electrons. The minimum Gasteiger partial charge on any atom is -0.495 e. The number of rotatable bonds is 8. The number of halogens is 1. The zero-order valence-electron chi connectivity index (χ0n) is 16.7. The van der Waals surface area contributed by atoms with Gasteiger partial charge in [-0.1, -0.05) is 11.6 Å². The Balaban J connectivity index is 2.11. The average molecular weight is 424 g/mol. The van der Waals surface area contributed by atoms with Crippen LogP contribution in [0.1, 0.15) is 17.3 Å². The van der Waals surface area contributed by atoms with Gasteiger partial charge >= 0.3 is 5.97 Å². The molecule has 1 atom stereocenters. The van der Waals surface area contributed by atoms with E-state index in [4.69, 9.17) is 35.3 Å². The lowest BCUT2D eigenvalue weighted by atomic mass is 10.2. The molecule has 0 spiro atoms. The fourth-order valence-electron chi connectivity index (χ4n) is 2.47. The smallest absolute Gasteiger partial charge is 0.339 e. The van der Waals surface area contributed by atoms with E-state index in [1.54, 1.807) is 12.1 Å². The number of amides is 1. The minimum atomic E-state index is -1.07. The van der Waals surface area contributed by atoms with Crippen molar-refractivity contribution in [3.05, 3.63) is 40.9 Å². The summed E-state index contributed by atoms with van der Waals surface area (Å²) in [5.74, 6) is 0.166. The van der Waals surface area contributed by atoms with Crippen molar-refractivity contribution < 1.29 is 33.3 Å². The predicted octanol–water partition coefficient (Wildman–Crippen LogP) is 3.56. The van der Waals surface area contributed by atoms with Crippen LogP contribution in [0.4, 0.5) is 5.69 Å². The van der Waals surface area contributed by atoms with E-state index in [1.165, 1.54) is 53.6 Å². The van der Waals surface area contributed by atoms with Gasteiger partial charge in [0.15, 0.2) is 17.6 Å². The molecule has 0 heterocycles. The van der Waals surface area contributed by atoms with Gasteiger partial charge in [-0.25, -0.2) is 4.79 Å². The molecule has 1 N–H and O–H groups in total. The molecule has 0 aliphatic carbocycles. The maximum absolute atomic E-state index is 12.5. The van der Waals surface area contributed by atoms with Gasteiger partial charge in [-0.2, -0.15) is 0 Å².